The second-order valence-electron chi connectivity index (χ2n) is 7.71. The van der Waals surface area contributed by atoms with E-state index >= 15 is 0 Å². The Morgan fingerprint density at radius 3 is 1.88 bits per heavy atom. The fraction of sp³-hybridized carbons (Fsp3) is 0.429. The molecule has 1 heterocycles. The molecule has 3 rings (SSSR count). The highest BCUT2D eigenvalue weighted by Gasteiger charge is 2.50. The summed E-state index contributed by atoms with van der Waals surface area (Å²) in [5, 5.41) is 0. The SMILES string of the molecule is CC1(C)OB(CCCOc2ccc(-c3ccc(Br)cc3)cc2)OC1(C)C. The molecule has 0 spiro atoms. The average Bonchev–Trinajstić information content (AvgIpc) is 2.80. The van der Waals surface area contributed by atoms with E-state index in [0.29, 0.717) is 6.61 Å². The molecule has 2 aromatic carbocycles. The van der Waals surface area contributed by atoms with E-state index < -0.39 is 0 Å². The quantitative estimate of drug-likeness (QED) is 0.428. The first kappa shape index (κ1) is 19.5. The van der Waals surface area contributed by atoms with Crippen LogP contribution in [0.4, 0.5) is 0 Å². The number of halogens is 1. The van der Waals surface area contributed by atoms with Crippen LogP contribution < -0.4 is 4.74 Å². The highest BCUT2D eigenvalue weighted by molar-refractivity contribution is 9.10. The molecule has 0 saturated carbocycles. The summed E-state index contributed by atoms with van der Waals surface area (Å²) in [6, 6.07) is 16.5. The summed E-state index contributed by atoms with van der Waals surface area (Å²) in [4.78, 5) is 0. The molecule has 1 saturated heterocycles. The van der Waals surface area contributed by atoms with Crippen molar-refractivity contribution in [1.82, 2.24) is 0 Å². The van der Waals surface area contributed by atoms with Crippen LogP contribution in [-0.4, -0.2) is 24.9 Å². The summed E-state index contributed by atoms with van der Waals surface area (Å²) in [7, 11) is -0.150. The highest BCUT2D eigenvalue weighted by Crippen LogP contribution is 2.38. The molecule has 1 aliphatic heterocycles. The first-order valence-electron chi connectivity index (χ1n) is 9.11. The van der Waals surface area contributed by atoms with E-state index in [9.17, 15) is 0 Å². The van der Waals surface area contributed by atoms with Crippen LogP contribution in [0.1, 0.15) is 34.1 Å². The first-order chi connectivity index (χ1) is 12.3. The molecule has 0 aliphatic carbocycles. The molecule has 3 nitrogen and oxygen atoms in total. The molecular weight excluding hydrogens is 391 g/mol. The van der Waals surface area contributed by atoms with Crippen LogP contribution in [0.5, 0.6) is 5.75 Å². The number of hydrogen-bond acceptors (Lipinski definition) is 3. The Balaban J connectivity index is 1.45. The van der Waals surface area contributed by atoms with E-state index in [0.717, 1.165) is 23.0 Å². The Labute approximate surface area is 165 Å². The largest absolute Gasteiger partial charge is 0.494 e. The third kappa shape index (κ3) is 4.51. The van der Waals surface area contributed by atoms with Crippen LogP contribution in [0, 0.1) is 0 Å². The lowest BCUT2D eigenvalue weighted by Gasteiger charge is -2.32. The van der Waals surface area contributed by atoms with E-state index in [1.54, 1.807) is 0 Å². The van der Waals surface area contributed by atoms with Crippen molar-refractivity contribution in [3.05, 3.63) is 53.0 Å². The van der Waals surface area contributed by atoms with Crippen molar-refractivity contribution in [3.63, 3.8) is 0 Å². The third-order valence-electron chi connectivity index (χ3n) is 5.19. The molecule has 1 fully saturated rings. The van der Waals surface area contributed by atoms with Crippen LogP contribution in [0.3, 0.4) is 0 Å². The van der Waals surface area contributed by atoms with Crippen LogP contribution in [-0.2, 0) is 9.31 Å². The van der Waals surface area contributed by atoms with Crippen molar-refractivity contribution in [3.8, 4) is 16.9 Å². The van der Waals surface area contributed by atoms with Gasteiger partial charge >= 0.3 is 7.12 Å². The molecule has 138 valence electrons. The van der Waals surface area contributed by atoms with Gasteiger partial charge in [0.15, 0.2) is 0 Å². The Bertz CT molecular complexity index is 710. The smallest absolute Gasteiger partial charge is 0.457 e. The van der Waals surface area contributed by atoms with Crippen molar-refractivity contribution < 1.29 is 14.0 Å². The maximum Gasteiger partial charge on any atom is 0.457 e. The van der Waals surface area contributed by atoms with Gasteiger partial charge in [-0.25, -0.2) is 0 Å². The highest BCUT2D eigenvalue weighted by atomic mass is 79.9. The van der Waals surface area contributed by atoms with Gasteiger partial charge in [-0.2, -0.15) is 0 Å². The van der Waals surface area contributed by atoms with Crippen LogP contribution in [0.15, 0.2) is 53.0 Å². The van der Waals surface area contributed by atoms with Gasteiger partial charge in [-0.05, 0) is 75.8 Å². The Hall–Kier alpha value is -1.30. The fourth-order valence-corrected chi connectivity index (χ4v) is 3.17. The van der Waals surface area contributed by atoms with E-state index in [4.69, 9.17) is 14.0 Å². The number of ether oxygens (including phenoxy) is 1. The molecule has 0 bridgehead atoms. The monoisotopic (exact) mass is 416 g/mol. The normalized spacial score (nSPS) is 18.1. The maximum absolute atomic E-state index is 6.01. The molecule has 0 N–H and O–H groups in total. The predicted octanol–water partition coefficient (Wildman–Crippen LogP) is 5.98. The zero-order chi connectivity index (χ0) is 18.8. The zero-order valence-corrected chi connectivity index (χ0v) is 17.5. The standard InChI is InChI=1S/C21H26BBrO3/c1-20(2)21(3,4)26-22(25-20)14-5-15-24-19-12-8-17(9-13-19)16-6-10-18(23)11-7-16/h6-13H,5,14-15H2,1-4H3. The minimum atomic E-state index is -0.263. The van der Waals surface area contributed by atoms with Crippen LogP contribution >= 0.6 is 15.9 Å². The van der Waals surface area contributed by atoms with E-state index in [-0.39, 0.29) is 18.3 Å². The van der Waals surface area contributed by atoms with Gasteiger partial charge in [-0.3, -0.25) is 0 Å². The van der Waals surface area contributed by atoms with E-state index in [1.807, 2.05) is 12.1 Å². The van der Waals surface area contributed by atoms with Crippen molar-refractivity contribution in [1.29, 1.82) is 0 Å². The lowest BCUT2D eigenvalue weighted by molar-refractivity contribution is 0.00578. The number of benzene rings is 2. The maximum atomic E-state index is 6.01. The molecule has 0 radical (unpaired) electrons. The summed E-state index contributed by atoms with van der Waals surface area (Å²) in [6.45, 7) is 8.97. The van der Waals surface area contributed by atoms with Crippen molar-refractivity contribution in [2.75, 3.05) is 6.61 Å². The molecular formula is C21H26BBrO3. The van der Waals surface area contributed by atoms with Gasteiger partial charge in [-0.15, -0.1) is 0 Å². The second-order valence-corrected chi connectivity index (χ2v) is 8.62. The lowest BCUT2D eigenvalue weighted by atomic mass is 9.83. The van der Waals surface area contributed by atoms with Gasteiger partial charge < -0.3 is 14.0 Å². The van der Waals surface area contributed by atoms with Crippen LogP contribution in [0.2, 0.25) is 6.32 Å². The average molecular weight is 417 g/mol. The molecule has 5 heteroatoms. The van der Waals surface area contributed by atoms with E-state index in [1.165, 1.54) is 11.1 Å². The van der Waals surface area contributed by atoms with Gasteiger partial charge in [0.1, 0.15) is 5.75 Å². The molecule has 0 unspecified atom stereocenters. The minimum Gasteiger partial charge on any atom is -0.494 e. The van der Waals surface area contributed by atoms with Gasteiger partial charge in [0.05, 0.1) is 17.8 Å². The van der Waals surface area contributed by atoms with Crippen molar-refractivity contribution >= 4 is 23.0 Å². The minimum absolute atomic E-state index is 0.150. The summed E-state index contributed by atoms with van der Waals surface area (Å²) in [6.07, 6.45) is 1.73. The Kier molecular flexibility index (Phi) is 5.80. The number of rotatable bonds is 6. The third-order valence-corrected chi connectivity index (χ3v) is 5.72. The molecule has 0 atom stereocenters. The van der Waals surface area contributed by atoms with Crippen LogP contribution in [0.25, 0.3) is 11.1 Å². The molecule has 1 aliphatic rings. The second kappa shape index (κ2) is 7.75. The van der Waals surface area contributed by atoms with Gasteiger partial charge in [0.25, 0.3) is 0 Å². The van der Waals surface area contributed by atoms with Crippen molar-refractivity contribution in [2.45, 2.75) is 51.6 Å². The molecule has 0 aromatic heterocycles. The fourth-order valence-electron chi connectivity index (χ4n) is 2.91. The zero-order valence-electron chi connectivity index (χ0n) is 15.9. The summed E-state index contributed by atoms with van der Waals surface area (Å²) in [5.41, 5.74) is 1.85. The van der Waals surface area contributed by atoms with Crippen molar-refractivity contribution in [2.24, 2.45) is 0 Å². The molecule has 26 heavy (non-hydrogen) atoms. The van der Waals surface area contributed by atoms with Gasteiger partial charge in [0, 0.05) is 4.47 Å². The Morgan fingerprint density at radius 2 is 1.35 bits per heavy atom. The predicted molar refractivity (Wildman–Crippen MR) is 111 cm³/mol. The Morgan fingerprint density at radius 1 is 0.846 bits per heavy atom. The first-order valence-corrected chi connectivity index (χ1v) is 9.91. The summed E-state index contributed by atoms with van der Waals surface area (Å²) < 4.78 is 19.0. The summed E-state index contributed by atoms with van der Waals surface area (Å²) in [5.74, 6) is 0.889. The lowest BCUT2D eigenvalue weighted by Crippen LogP contribution is -2.41. The summed E-state index contributed by atoms with van der Waals surface area (Å²) >= 11 is 3.46. The molecule has 2 aromatic rings. The molecule has 0 amide bonds. The van der Waals surface area contributed by atoms with Gasteiger partial charge in [0.2, 0.25) is 0 Å². The topological polar surface area (TPSA) is 27.7 Å². The number of hydrogen-bond donors (Lipinski definition) is 0. The van der Waals surface area contributed by atoms with Gasteiger partial charge in [-0.1, -0.05) is 40.2 Å². The van der Waals surface area contributed by atoms with E-state index in [2.05, 4.69) is 80.0 Å².